The van der Waals surface area contributed by atoms with Crippen molar-refractivity contribution < 1.29 is 14.6 Å². The molecular formula is C31H46N6O3. The summed E-state index contributed by atoms with van der Waals surface area (Å²) in [5, 5.41) is 17.7. The molecule has 3 aromatic rings. The number of nitrogens with zero attached hydrogens (tertiary/aromatic N) is 3. The van der Waals surface area contributed by atoms with E-state index in [9.17, 15) is 9.90 Å². The predicted octanol–water partition coefficient (Wildman–Crippen LogP) is 4.74. The van der Waals surface area contributed by atoms with Gasteiger partial charge in [0.2, 0.25) is 0 Å². The quantitative estimate of drug-likeness (QED) is 0.160. The summed E-state index contributed by atoms with van der Waals surface area (Å²) in [6.07, 6.45) is 2.86. The van der Waals surface area contributed by atoms with Gasteiger partial charge < -0.3 is 25.0 Å². The summed E-state index contributed by atoms with van der Waals surface area (Å²) in [5.41, 5.74) is 2.59. The van der Waals surface area contributed by atoms with Crippen LogP contribution in [0.15, 0.2) is 66.9 Å². The van der Waals surface area contributed by atoms with Crippen LogP contribution >= 0.6 is 0 Å². The molecule has 2 atom stereocenters. The zero-order valence-electron chi connectivity index (χ0n) is 24.6. The van der Waals surface area contributed by atoms with Crippen molar-refractivity contribution in [1.29, 1.82) is 0 Å². The number of hydrogen-bond donors (Lipinski definition) is 4. The molecule has 1 amide bonds. The molecule has 0 saturated heterocycles. The number of hydrogen-bond acceptors (Lipinski definition) is 7. The second-order valence-electron chi connectivity index (χ2n) is 11.3. The van der Waals surface area contributed by atoms with E-state index in [4.69, 9.17) is 4.74 Å². The first-order valence-corrected chi connectivity index (χ1v) is 14.0. The van der Waals surface area contributed by atoms with Gasteiger partial charge in [-0.1, -0.05) is 60.7 Å². The van der Waals surface area contributed by atoms with Crippen LogP contribution in [0.25, 0.3) is 11.3 Å². The highest BCUT2D eigenvalue weighted by molar-refractivity contribution is 5.67. The second-order valence-corrected chi connectivity index (χ2v) is 11.3. The summed E-state index contributed by atoms with van der Waals surface area (Å²) in [5.74, 6) is 0.769. The van der Waals surface area contributed by atoms with Crippen molar-refractivity contribution in [1.82, 2.24) is 30.4 Å². The largest absolute Gasteiger partial charge is 0.444 e. The smallest absolute Gasteiger partial charge is 0.407 e. The summed E-state index contributed by atoms with van der Waals surface area (Å²) < 4.78 is 5.33. The van der Waals surface area contributed by atoms with Crippen LogP contribution in [0.5, 0.6) is 0 Å². The van der Waals surface area contributed by atoms with Gasteiger partial charge in [-0.2, -0.15) is 0 Å². The SMILES string of the molecule is CN(C)CCN(Cc1ccccc1)C(O)N[C@@H](CCCCNC(=O)OC(C)(C)C)c1ncc(-c2ccccc2)[nH]1. The number of alkyl carbamates (subject to hydrolysis) is 1. The molecule has 0 aliphatic carbocycles. The lowest BCUT2D eigenvalue weighted by Gasteiger charge is -2.32. The number of rotatable bonds is 15. The summed E-state index contributed by atoms with van der Waals surface area (Å²) in [4.78, 5) is 24.3. The van der Waals surface area contributed by atoms with Crippen LogP contribution in [0.1, 0.15) is 57.5 Å². The van der Waals surface area contributed by atoms with Gasteiger partial charge in [-0.25, -0.2) is 9.78 Å². The van der Waals surface area contributed by atoms with E-state index in [1.165, 1.54) is 0 Å². The van der Waals surface area contributed by atoms with Gasteiger partial charge in [0.15, 0.2) is 6.35 Å². The lowest BCUT2D eigenvalue weighted by atomic mass is 10.1. The Kier molecular flexibility index (Phi) is 12.1. The fourth-order valence-electron chi connectivity index (χ4n) is 4.27. The number of aliphatic hydroxyl groups is 1. The van der Waals surface area contributed by atoms with Crippen molar-refractivity contribution >= 4 is 6.09 Å². The molecule has 1 heterocycles. The van der Waals surface area contributed by atoms with E-state index in [2.05, 4.69) is 37.6 Å². The maximum Gasteiger partial charge on any atom is 0.407 e. The number of likely N-dealkylation sites (N-methyl/N-ethyl adjacent to an activating group) is 1. The number of carbonyl (C=O) groups is 1. The van der Waals surface area contributed by atoms with Crippen LogP contribution in [0, 0.1) is 0 Å². The average Bonchev–Trinajstić information content (AvgIpc) is 3.40. The monoisotopic (exact) mass is 550 g/mol. The Balaban J connectivity index is 1.69. The van der Waals surface area contributed by atoms with Crippen LogP contribution in [-0.4, -0.2) is 76.7 Å². The molecule has 0 saturated carbocycles. The Morgan fingerprint density at radius 3 is 2.35 bits per heavy atom. The fraction of sp³-hybridized carbons (Fsp3) is 0.484. The van der Waals surface area contributed by atoms with E-state index >= 15 is 0 Å². The molecule has 0 radical (unpaired) electrons. The molecule has 0 aliphatic heterocycles. The van der Waals surface area contributed by atoms with Crippen molar-refractivity contribution in [3.63, 3.8) is 0 Å². The first-order chi connectivity index (χ1) is 19.1. The van der Waals surface area contributed by atoms with Crippen LogP contribution in [0.3, 0.4) is 0 Å². The molecule has 40 heavy (non-hydrogen) atoms. The first kappa shape index (κ1) is 31.3. The Bertz CT molecular complexity index is 1130. The van der Waals surface area contributed by atoms with Gasteiger partial charge in [-0.3, -0.25) is 10.2 Å². The molecule has 9 nitrogen and oxygen atoms in total. The number of aromatic amines is 1. The third kappa shape index (κ3) is 11.1. The van der Waals surface area contributed by atoms with Crippen molar-refractivity contribution in [2.75, 3.05) is 33.7 Å². The van der Waals surface area contributed by atoms with E-state index in [1.54, 1.807) is 0 Å². The standard InChI is InChI=1S/C31H46N6O3/c1-31(2,3)40-30(39)32-19-13-12-18-26(28-33-22-27(34-28)25-16-10-7-11-17-25)35-29(38)37(21-20-36(4)5)23-24-14-8-6-9-15-24/h6-11,14-17,22,26,29,35,38H,12-13,18-21,23H2,1-5H3,(H,32,39)(H,33,34)/t26-,29?/m0/s1. The molecule has 2 aromatic carbocycles. The minimum Gasteiger partial charge on any atom is -0.444 e. The van der Waals surface area contributed by atoms with E-state index in [0.717, 1.165) is 48.5 Å². The molecule has 1 aromatic heterocycles. The number of aliphatic hydroxyl groups excluding tert-OH is 1. The summed E-state index contributed by atoms with van der Waals surface area (Å²) in [7, 11) is 4.06. The maximum absolute atomic E-state index is 12.0. The van der Waals surface area contributed by atoms with Gasteiger partial charge in [-0.05, 0) is 65.3 Å². The Labute approximate surface area is 239 Å². The van der Waals surface area contributed by atoms with Crippen LogP contribution in [-0.2, 0) is 11.3 Å². The van der Waals surface area contributed by atoms with Crippen molar-refractivity contribution in [3.05, 3.63) is 78.2 Å². The fourth-order valence-corrected chi connectivity index (χ4v) is 4.27. The third-order valence-corrected chi connectivity index (χ3v) is 6.36. The summed E-state index contributed by atoms with van der Waals surface area (Å²) in [6.45, 7) is 8.17. The molecule has 0 bridgehead atoms. The molecule has 0 spiro atoms. The highest BCUT2D eigenvalue weighted by Crippen LogP contribution is 2.23. The number of nitrogens with one attached hydrogen (secondary N) is 3. The number of H-pyrrole nitrogens is 1. The van der Waals surface area contributed by atoms with Gasteiger partial charge in [-0.15, -0.1) is 0 Å². The van der Waals surface area contributed by atoms with E-state index < -0.39 is 18.0 Å². The van der Waals surface area contributed by atoms with Crippen molar-refractivity contribution in [3.8, 4) is 11.3 Å². The molecule has 218 valence electrons. The van der Waals surface area contributed by atoms with Crippen molar-refractivity contribution in [2.45, 2.75) is 64.6 Å². The zero-order chi connectivity index (χ0) is 29.0. The minimum atomic E-state index is -0.879. The normalized spacial score (nSPS) is 13.4. The van der Waals surface area contributed by atoms with Gasteiger partial charge >= 0.3 is 6.09 Å². The third-order valence-electron chi connectivity index (χ3n) is 6.36. The number of benzene rings is 2. The molecule has 0 aliphatic rings. The zero-order valence-corrected chi connectivity index (χ0v) is 24.6. The molecule has 9 heteroatoms. The highest BCUT2D eigenvalue weighted by atomic mass is 16.6. The number of unbranched alkanes of at least 4 members (excludes halogenated alkanes) is 1. The molecular weight excluding hydrogens is 504 g/mol. The topological polar surface area (TPSA) is 106 Å². The average molecular weight is 551 g/mol. The Morgan fingerprint density at radius 2 is 1.70 bits per heavy atom. The summed E-state index contributed by atoms with van der Waals surface area (Å²) >= 11 is 0. The van der Waals surface area contributed by atoms with E-state index in [-0.39, 0.29) is 6.04 Å². The lowest BCUT2D eigenvalue weighted by molar-refractivity contribution is -0.0398. The van der Waals surface area contributed by atoms with Crippen LogP contribution in [0.4, 0.5) is 4.79 Å². The molecule has 0 fully saturated rings. The van der Waals surface area contributed by atoms with E-state index in [1.807, 2.05) is 94.5 Å². The van der Waals surface area contributed by atoms with Gasteiger partial charge in [0.05, 0.1) is 17.9 Å². The maximum atomic E-state index is 12.0. The van der Waals surface area contributed by atoms with Crippen LogP contribution < -0.4 is 10.6 Å². The van der Waals surface area contributed by atoms with Crippen molar-refractivity contribution in [2.24, 2.45) is 0 Å². The highest BCUT2D eigenvalue weighted by Gasteiger charge is 2.23. The minimum absolute atomic E-state index is 0.216. The Morgan fingerprint density at radius 1 is 1.02 bits per heavy atom. The molecule has 3 rings (SSSR count). The molecule has 4 N–H and O–H groups in total. The van der Waals surface area contributed by atoms with Gasteiger partial charge in [0.25, 0.3) is 0 Å². The predicted molar refractivity (Wildman–Crippen MR) is 159 cm³/mol. The number of amides is 1. The lowest BCUT2D eigenvalue weighted by Crippen LogP contribution is -2.48. The number of imidazole rings is 1. The summed E-state index contributed by atoms with van der Waals surface area (Å²) in [6, 6.07) is 20.0. The number of carbonyl (C=O) groups excluding carboxylic acids is 1. The number of aromatic nitrogens is 2. The second kappa shape index (κ2) is 15.5. The van der Waals surface area contributed by atoms with Gasteiger partial charge in [0, 0.05) is 26.2 Å². The van der Waals surface area contributed by atoms with E-state index in [0.29, 0.717) is 19.6 Å². The Hall–Kier alpha value is -3.24. The van der Waals surface area contributed by atoms with Gasteiger partial charge in [0.1, 0.15) is 11.4 Å². The molecule has 1 unspecified atom stereocenters. The first-order valence-electron chi connectivity index (χ1n) is 14.0. The number of ether oxygens (including phenoxy) is 1. The van der Waals surface area contributed by atoms with Crippen LogP contribution in [0.2, 0.25) is 0 Å².